The second kappa shape index (κ2) is 15.9. The van der Waals surface area contributed by atoms with E-state index in [4.69, 9.17) is 13.8 Å². The average Bonchev–Trinajstić information content (AvgIpc) is 3.88. The predicted molar refractivity (Wildman–Crippen MR) is 180 cm³/mol. The van der Waals surface area contributed by atoms with Gasteiger partial charge < -0.3 is 13.8 Å². The number of aromatic nitrogens is 2. The van der Waals surface area contributed by atoms with Gasteiger partial charge in [-0.25, -0.2) is 0 Å². The molecule has 6 aromatic rings. The van der Waals surface area contributed by atoms with Gasteiger partial charge in [0.2, 0.25) is 11.6 Å². The van der Waals surface area contributed by atoms with Crippen LogP contribution < -0.4 is 4.74 Å². The van der Waals surface area contributed by atoms with Crippen molar-refractivity contribution in [2.75, 3.05) is 7.11 Å². The number of alkyl halides is 6. The SMILES string of the molecule is COc1ccc(-c2oncc2C(=O)c2ccc(C(F)(F)F)cc2[N+](=O)[O-])cc1.O=C(c1ccc(C(F)(F)F)cc1[N+](=O)[O-])c1cnoc1-c1ccc([N+](=O)[O-])cc1. The lowest BCUT2D eigenvalue weighted by atomic mass is 9.98. The van der Waals surface area contributed by atoms with Gasteiger partial charge in [-0.15, -0.1) is 0 Å². The molecule has 57 heavy (non-hydrogen) atoms. The lowest BCUT2D eigenvalue weighted by Crippen LogP contribution is -2.10. The molecule has 22 heteroatoms. The third kappa shape index (κ3) is 8.80. The smallest absolute Gasteiger partial charge is 0.416 e. The van der Waals surface area contributed by atoms with Crippen LogP contribution in [-0.2, 0) is 12.4 Å². The van der Waals surface area contributed by atoms with E-state index in [2.05, 4.69) is 10.3 Å². The molecular formula is C35H19F6N5O11. The first kappa shape index (κ1) is 40.4. The van der Waals surface area contributed by atoms with Crippen molar-refractivity contribution in [1.29, 1.82) is 0 Å². The maximum Gasteiger partial charge on any atom is 0.416 e. The summed E-state index contributed by atoms with van der Waals surface area (Å²) in [5, 5.41) is 40.2. The Bertz CT molecular complexity index is 2510. The summed E-state index contributed by atoms with van der Waals surface area (Å²) < 4.78 is 92.1. The molecule has 6 rings (SSSR count). The number of ketones is 2. The highest BCUT2D eigenvalue weighted by atomic mass is 19.4. The first-order chi connectivity index (χ1) is 26.8. The zero-order chi connectivity index (χ0) is 41.8. The molecule has 0 bridgehead atoms. The van der Waals surface area contributed by atoms with E-state index >= 15 is 0 Å². The molecule has 2 aromatic heterocycles. The van der Waals surface area contributed by atoms with Gasteiger partial charge >= 0.3 is 12.4 Å². The number of nitro benzene ring substituents is 3. The van der Waals surface area contributed by atoms with Crippen molar-refractivity contribution in [2.45, 2.75) is 12.4 Å². The Morgan fingerprint density at radius 1 is 0.579 bits per heavy atom. The maximum atomic E-state index is 12.8. The van der Waals surface area contributed by atoms with Crippen LogP contribution in [0.1, 0.15) is 43.0 Å². The van der Waals surface area contributed by atoms with Gasteiger partial charge in [-0.2, -0.15) is 26.3 Å². The molecule has 0 amide bonds. The van der Waals surface area contributed by atoms with Crippen molar-refractivity contribution >= 4 is 28.6 Å². The molecule has 0 radical (unpaired) electrons. The monoisotopic (exact) mass is 799 g/mol. The van der Waals surface area contributed by atoms with Crippen LogP contribution in [0.2, 0.25) is 0 Å². The van der Waals surface area contributed by atoms with Crippen LogP contribution in [0.5, 0.6) is 5.75 Å². The Kier molecular flexibility index (Phi) is 11.3. The summed E-state index contributed by atoms with van der Waals surface area (Å²) in [6, 6.07) is 14.4. The Morgan fingerprint density at radius 3 is 1.30 bits per heavy atom. The van der Waals surface area contributed by atoms with E-state index in [1.54, 1.807) is 24.3 Å². The van der Waals surface area contributed by atoms with Crippen molar-refractivity contribution in [2.24, 2.45) is 0 Å². The highest BCUT2D eigenvalue weighted by molar-refractivity contribution is 6.15. The highest BCUT2D eigenvalue weighted by Gasteiger charge is 2.36. The van der Waals surface area contributed by atoms with E-state index in [0.717, 1.165) is 30.6 Å². The third-order valence-corrected chi connectivity index (χ3v) is 7.86. The van der Waals surface area contributed by atoms with Crippen LogP contribution in [0.4, 0.5) is 43.4 Å². The molecule has 0 aliphatic carbocycles. The molecular weight excluding hydrogens is 780 g/mol. The van der Waals surface area contributed by atoms with Crippen LogP contribution >= 0.6 is 0 Å². The molecule has 0 saturated heterocycles. The van der Waals surface area contributed by atoms with Crippen molar-refractivity contribution in [3.63, 3.8) is 0 Å². The number of rotatable bonds is 10. The molecule has 0 atom stereocenters. The second-order valence-electron chi connectivity index (χ2n) is 11.3. The van der Waals surface area contributed by atoms with E-state index in [-0.39, 0.29) is 40.0 Å². The highest BCUT2D eigenvalue weighted by Crippen LogP contribution is 2.37. The summed E-state index contributed by atoms with van der Waals surface area (Å²) in [5.74, 6) is -1.43. The predicted octanol–water partition coefficient (Wildman–Crippen LogP) is 8.92. The molecule has 0 N–H and O–H groups in total. The number of nitro groups is 3. The average molecular weight is 800 g/mol. The zero-order valence-corrected chi connectivity index (χ0v) is 28.2. The third-order valence-electron chi connectivity index (χ3n) is 7.86. The van der Waals surface area contributed by atoms with Crippen molar-refractivity contribution < 1.29 is 64.5 Å². The van der Waals surface area contributed by atoms with Crippen LogP contribution in [-0.4, -0.2) is 43.8 Å². The molecule has 0 aliphatic heterocycles. The number of methoxy groups -OCH3 is 1. The fourth-order valence-electron chi connectivity index (χ4n) is 5.09. The number of non-ortho nitro benzene ring substituents is 1. The van der Waals surface area contributed by atoms with Gasteiger partial charge in [0.15, 0.2) is 11.5 Å². The Morgan fingerprint density at radius 2 is 0.965 bits per heavy atom. The lowest BCUT2D eigenvalue weighted by molar-refractivity contribution is -0.385. The van der Waals surface area contributed by atoms with Crippen LogP contribution in [0.15, 0.2) is 106 Å². The number of carbonyl (C=O) groups is 2. The Labute approximate surface area is 312 Å². The van der Waals surface area contributed by atoms with Gasteiger partial charge in [-0.05, 0) is 60.7 Å². The largest absolute Gasteiger partial charge is 0.497 e. The summed E-state index contributed by atoms with van der Waals surface area (Å²) >= 11 is 0. The van der Waals surface area contributed by atoms with Gasteiger partial charge in [0.05, 0.1) is 56.5 Å². The van der Waals surface area contributed by atoms with E-state index in [1.807, 2.05) is 0 Å². The Hall–Kier alpha value is -7.78. The van der Waals surface area contributed by atoms with Crippen LogP contribution in [0.3, 0.4) is 0 Å². The van der Waals surface area contributed by atoms with Gasteiger partial charge in [0.25, 0.3) is 17.1 Å². The topological polar surface area (TPSA) is 225 Å². The number of hydrogen-bond acceptors (Lipinski definition) is 13. The molecule has 0 spiro atoms. The first-order valence-electron chi connectivity index (χ1n) is 15.4. The standard InChI is InChI=1S/C18H11F3N2O5.C17H8F3N3O6/c1-27-12-5-2-10(3-6-12)17-14(9-22-28-17)16(24)13-7-4-11(18(19,20)21)8-15(13)23(25)26;18-17(19,20)10-3-6-12(14(7-10)23(27)28)15(24)13-8-21-29-16(13)9-1-4-11(5-2-9)22(25)26/h2-9H,1H3;1-8H. The van der Waals surface area contributed by atoms with Gasteiger partial charge in [0, 0.05) is 35.4 Å². The molecule has 292 valence electrons. The molecule has 16 nitrogen and oxygen atoms in total. The van der Waals surface area contributed by atoms with Gasteiger partial charge in [0.1, 0.15) is 16.9 Å². The summed E-state index contributed by atoms with van der Waals surface area (Å²) in [5.41, 5.74) is -5.51. The quantitative estimate of drug-likeness (QED) is 0.0546. The number of hydrogen-bond donors (Lipinski definition) is 0. The normalized spacial score (nSPS) is 11.3. The minimum atomic E-state index is -4.83. The minimum absolute atomic E-state index is 0.0295. The van der Waals surface area contributed by atoms with E-state index in [0.29, 0.717) is 35.6 Å². The van der Waals surface area contributed by atoms with Crippen molar-refractivity contribution in [3.8, 4) is 28.4 Å². The summed E-state index contributed by atoms with van der Waals surface area (Å²) in [4.78, 5) is 56.0. The number of carbonyl (C=O) groups excluding carboxylic acids is 2. The fraction of sp³-hybridized carbons (Fsp3) is 0.0857. The van der Waals surface area contributed by atoms with Crippen molar-refractivity contribution in [3.05, 3.63) is 161 Å². The number of benzene rings is 4. The fourth-order valence-corrected chi connectivity index (χ4v) is 5.09. The molecule has 0 unspecified atom stereocenters. The van der Waals surface area contributed by atoms with Gasteiger partial charge in [-0.3, -0.25) is 39.9 Å². The van der Waals surface area contributed by atoms with E-state index < -0.39 is 72.3 Å². The van der Waals surface area contributed by atoms with Crippen molar-refractivity contribution in [1.82, 2.24) is 10.3 Å². The number of ether oxygens (including phenoxy) is 1. The molecule has 0 fully saturated rings. The summed E-state index contributed by atoms with van der Waals surface area (Å²) in [7, 11) is 1.47. The zero-order valence-electron chi connectivity index (χ0n) is 28.2. The number of halogens is 6. The molecule has 4 aromatic carbocycles. The second-order valence-corrected chi connectivity index (χ2v) is 11.3. The minimum Gasteiger partial charge on any atom is -0.497 e. The van der Waals surface area contributed by atoms with Crippen LogP contribution in [0.25, 0.3) is 22.6 Å². The lowest BCUT2D eigenvalue weighted by Gasteiger charge is -2.08. The van der Waals surface area contributed by atoms with E-state index in [9.17, 15) is 66.3 Å². The van der Waals surface area contributed by atoms with Crippen LogP contribution in [0, 0.1) is 30.3 Å². The van der Waals surface area contributed by atoms with E-state index in [1.165, 1.54) is 19.2 Å². The maximum absolute atomic E-state index is 12.8. The summed E-state index contributed by atoms with van der Waals surface area (Å²) in [6.45, 7) is 0. The summed E-state index contributed by atoms with van der Waals surface area (Å²) in [6.07, 6.45) is -7.59. The molecule has 2 heterocycles. The Balaban J connectivity index is 0.000000218. The molecule has 0 saturated carbocycles. The number of nitrogens with zero attached hydrogens (tertiary/aromatic N) is 5. The first-order valence-corrected chi connectivity index (χ1v) is 15.4. The van der Waals surface area contributed by atoms with Gasteiger partial charge in [-0.1, -0.05) is 10.3 Å². The molecule has 0 aliphatic rings.